The van der Waals surface area contributed by atoms with Gasteiger partial charge >= 0.3 is 0 Å². The van der Waals surface area contributed by atoms with Gasteiger partial charge in [0.15, 0.2) is 5.76 Å². The van der Waals surface area contributed by atoms with E-state index in [1.165, 1.54) is 12.1 Å². The van der Waals surface area contributed by atoms with E-state index in [1.54, 1.807) is 30.2 Å². The van der Waals surface area contributed by atoms with Crippen LogP contribution in [0.1, 0.15) is 33.0 Å². The average Bonchev–Trinajstić information content (AvgIpc) is 3.31. The van der Waals surface area contributed by atoms with Gasteiger partial charge in [0.05, 0.1) is 12.8 Å². The molecule has 0 spiro atoms. The Labute approximate surface area is 162 Å². The van der Waals surface area contributed by atoms with Crippen molar-refractivity contribution < 1.29 is 18.0 Å². The summed E-state index contributed by atoms with van der Waals surface area (Å²) in [6, 6.07) is 15.9. The summed E-state index contributed by atoms with van der Waals surface area (Å²) in [6.07, 6.45) is 1.58. The zero-order chi connectivity index (χ0) is 19.7. The molecule has 0 N–H and O–H groups in total. The molecule has 4 rings (SSSR count). The highest BCUT2D eigenvalue weighted by molar-refractivity contribution is 5.98. The van der Waals surface area contributed by atoms with E-state index in [0.29, 0.717) is 35.4 Å². The van der Waals surface area contributed by atoms with Crippen molar-refractivity contribution in [3.05, 3.63) is 94.9 Å². The van der Waals surface area contributed by atoms with Gasteiger partial charge in [0.1, 0.15) is 17.2 Å². The summed E-state index contributed by atoms with van der Waals surface area (Å²) in [5, 5.41) is 0.608. The first-order chi connectivity index (χ1) is 13.5. The Morgan fingerprint density at radius 2 is 1.82 bits per heavy atom. The first-order valence-corrected chi connectivity index (χ1v) is 9.07. The lowest BCUT2D eigenvalue weighted by molar-refractivity contribution is 0.0686. The smallest absolute Gasteiger partial charge is 0.290 e. The average molecular weight is 377 g/mol. The number of nitrogens with zero attached hydrogens (tertiary/aromatic N) is 1. The Bertz CT molecular complexity index is 1110. The highest BCUT2D eigenvalue weighted by atomic mass is 19.1. The van der Waals surface area contributed by atoms with Crippen LogP contribution in [0.15, 0.2) is 69.7 Å². The highest BCUT2D eigenvalue weighted by Gasteiger charge is 2.24. The lowest BCUT2D eigenvalue weighted by Crippen LogP contribution is -2.30. The van der Waals surface area contributed by atoms with Gasteiger partial charge in [-0.3, -0.25) is 4.79 Å². The third kappa shape index (κ3) is 3.56. The van der Waals surface area contributed by atoms with Crippen LogP contribution in [0.25, 0.3) is 11.0 Å². The Hall–Kier alpha value is -3.34. The van der Waals surface area contributed by atoms with Gasteiger partial charge in [-0.05, 0) is 49.7 Å². The third-order valence-electron chi connectivity index (χ3n) is 4.80. The summed E-state index contributed by atoms with van der Waals surface area (Å²) in [5.41, 5.74) is 3.29. The minimum atomic E-state index is -0.359. The Kier molecular flexibility index (Phi) is 4.74. The molecular formula is C23H20FNO3. The van der Waals surface area contributed by atoms with Crippen molar-refractivity contribution in [1.29, 1.82) is 0 Å². The molecule has 4 nitrogen and oxygen atoms in total. The van der Waals surface area contributed by atoms with Gasteiger partial charge in [-0.2, -0.15) is 0 Å². The van der Waals surface area contributed by atoms with Crippen molar-refractivity contribution >= 4 is 16.9 Å². The molecule has 0 bridgehead atoms. The minimum absolute atomic E-state index is 0.222. The standard InChI is InChI=1S/C23H20FNO3/c1-15-5-7-17(8-6-15)13-25(14-19-4-3-11-27-19)23(26)22-16(2)20-12-18(24)9-10-21(20)28-22/h3-12H,13-14H2,1-2H3. The molecule has 0 atom stereocenters. The largest absolute Gasteiger partial charge is 0.467 e. The first-order valence-electron chi connectivity index (χ1n) is 9.07. The second-order valence-corrected chi connectivity index (χ2v) is 6.92. The van der Waals surface area contributed by atoms with Gasteiger partial charge < -0.3 is 13.7 Å². The summed E-state index contributed by atoms with van der Waals surface area (Å²) < 4.78 is 24.8. The third-order valence-corrected chi connectivity index (χ3v) is 4.80. The predicted molar refractivity (Wildman–Crippen MR) is 104 cm³/mol. The maximum Gasteiger partial charge on any atom is 0.290 e. The van der Waals surface area contributed by atoms with E-state index in [-0.39, 0.29) is 17.5 Å². The van der Waals surface area contributed by atoms with Crippen LogP contribution in [0, 0.1) is 19.7 Å². The molecule has 0 aliphatic heterocycles. The fourth-order valence-corrected chi connectivity index (χ4v) is 3.24. The van der Waals surface area contributed by atoms with Gasteiger partial charge in [-0.15, -0.1) is 0 Å². The number of furan rings is 2. The van der Waals surface area contributed by atoms with E-state index >= 15 is 0 Å². The van der Waals surface area contributed by atoms with Crippen molar-refractivity contribution in [2.24, 2.45) is 0 Å². The normalized spacial score (nSPS) is 11.1. The number of amides is 1. The van der Waals surface area contributed by atoms with Gasteiger partial charge in [0.25, 0.3) is 5.91 Å². The Morgan fingerprint density at radius 1 is 1.04 bits per heavy atom. The topological polar surface area (TPSA) is 46.6 Å². The predicted octanol–water partition coefficient (Wildman–Crippen LogP) is 5.62. The maximum absolute atomic E-state index is 13.6. The Morgan fingerprint density at radius 3 is 2.54 bits per heavy atom. The van der Waals surface area contributed by atoms with Crippen molar-refractivity contribution in [2.75, 3.05) is 0 Å². The number of halogens is 1. The van der Waals surface area contributed by atoms with Crippen molar-refractivity contribution in [1.82, 2.24) is 4.90 Å². The maximum atomic E-state index is 13.6. The first kappa shape index (κ1) is 18.0. The molecule has 2 heterocycles. The number of hydrogen-bond acceptors (Lipinski definition) is 3. The number of hydrogen-bond donors (Lipinski definition) is 0. The van der Waals surface area contributed by atoms with Crippen molar-refractivity contribution in [2.45, 2.75) is 26.9 Å². The van der Waals surface area contributed by atoms with E-state index in [2.05, 4.69) is 0 Å². The van der Waals surface area contributed by atoms with Crippen LogP contribution in [-0.2, 0) is 13.1 Å². The summed E-state index contributed by atoms with van der Waals surface area (Å²) in [5.74, 6) is 0.285. The number of carbonyl (C=O) groups excluding carboxylic acids is 1. The van der Waals surface area contributed by atoms with Crippen LogP contribution < -0.4 is 0 Å². The number of fused-ring (bicyclic) bond motifs is 1. The molecule has 0 fully saturated rings. The van der Waals surface area contributed by atoms with Crippen LogP contribution in [-0.4, -0.2) is 10.8 Å². The monoisotopic (exact) mass is 377 g/mol. The molecule has 0 unspecified atom stereocenters. The molecule has 2 aromatic carbocycles. The van der Waals surface area contributed by atoms with Crippen molar-refractivity contribution in [3.8, 4) is 0 Å². The van der Waals surface area contributed by atoms with E-state index in [9.17, 15) is 9.18 Å². The van der Waals surface area contributed by atoms with Crippen molar-refractivity contribution in [3.63, 3.8) is 0 Å². The minimum Gasteiger partial charge on any atom is -0.467 e. The van der Waals surface area contributed by atoms with Crippen LogP contribution in [0.4, 0.5) is 4.39 Å². The lowest BCUT2D eigenvalue weighted by Gasteiger charge is -2.21. The number of carbonyl (C=O) groups is 1. The Balaban J connectivity index is 1.69. The molecule has 0 aliphatic rings. The van der Waals surface area contributed by atoms with E-state index in [0.717, 1.165) is 11.1 Å². The molecular weight excluding hydrogens is 357 g/mol. The highest BCUT2D eigenvalue weighted by Crippen LogP contribution is 2.28. The fourth-order valence-electron chi connectivity index (χ4n) is 3.24. The zero-order valence-corrected chi connectivity index (χ0v) is 15.7. The number of rotatable bonds is 5. The number of aryl methyl sites for hydroxylation is 2. The SMILES string of the molecule is Cc1ccc(CN(Cc2ccco2)C(=O)c2oc3ccc(F)cc3c2C)cc1. The van der Waals surface area contributed by atoms with Gasteiger partial charge in [-0.25, -0.2) is 4.39 Å². The van der Waals surface area contributed by atoms with Crippen LogP contribution in [0.5, 0.6) is 0 Å². The molecule has 28 heavy (non-hydrogen) atoms. The quantitative estimate of drug-likeness (QED) is 0.453. The van der Waals surface area contributed by atoms with E-state index < -0.39 is 0 Å². The molecule has 0 radical (unpaired) electrons. The van der Waals surface area contributed by atoms with Gasteiger partial charge in [0.2, 0.25) is 0 Å². The summed E-state index contributed by atoms with van der Waals surface area (Å²) in [7, 11) is 0. The number of benzene rings is 2. The molecule has 142 valence electrons. The molecule has 5 heteroatoms. The molecule has 1 amide bonds. The molecule has 0 saturated heterocycles. The van der Waals surface area contributed by atoms with Gasteiger partial charge in [0, 0.05) is 17.5 Å². The molecule has 4 aromatic rings. The molecule has 0 aliphatic carbocycles. The lowest BCUT2D eigenvalue weighted by atomic mass is 10.1. The molecule has 2 aromatic heterocycles. The van der Waals surface area contributed by atoms with Gasteiger partial charge in [-0.1, -0.05) is 29.8 Å². The summed E-state index contributed by atoms with van der Waals surface area (Å²) in [6.45, 7) is 4.51. The summed E-state index contributed by atoms with van der Waals surface area (Å²) in [4.78, 5) is 15.0. The van der Waals surface area contributed by atoms with Crippen LogP contribution in [0.2, 0.25) is 0 Å². The van der Waals surface area contributed by atoms with E-state index in [4.69, 9.17) is 8.83 Å². The second-order valence-electron chi connectivity index (χ2n) is 6.92. The molecule has 0 saturated carbocycles. The fraction of sp³-hybridized carbons (Fsp3) is 0.174. The zero-order valence-electron chi connectivity index (χ0n) is 15.7. The second kappa shape index (κ2) is 7.35. The van der Waals surface area contributed by atoms with Crippen LogP contribution >= 0.6 is 0 Å². The van der Waals surface area contributed by atoms with Crippen LogP contribution in [0.3, 0.4) is 0 Å². The van der Waals surface area contributed by atoms with E-state index in [1.807, 2.05) is 37.3 Å². The summed E-state index contributed by atoms with van der Waals surface area (Å²) >= 11 is 0.